The lowest BCUT2D eigenvalue weighted by Gasteiger charge is -2.07. The Bertz CT molecular complexity index is 349. The fourth-order valence-corrected chi connectivity index (χ4v) is 1.69. The molecular weight excluding hydrogens is 192 g/mol. The van der Waals surface area contributed by atoms with Crippen LogP contribution >= 0.6 is 0 Å². The van der Waals surface area contributed by atoms with Crippen molar-refractivity contribution < 1.29 is 14.6 Å². The summed E-state index contributed by atoms with van der Waals surface area (Å²) >= 11 is 0. The van der Waals surface area contributed by atoms with Gasteiger partial charge in [-0.05, 0) is 31.5 Å². The van der Waals surface area contributed by atoms with Crippen LogP contribution in [0.4, 0.5) is 0 Å². The van der Waals surface area contributed by atoms with E-state index in [2.05, 4.69) is 6.92 Å². The fraction of sp³-hybridized carbons (Fsp3) is 0.500. The molecule has 0 bridgehead atoms. The first kappa shape index (κ1) is 10.3. The third kappa shape index (κ3) is 1.92. The van der Waals surface area contributed by atoms with Crippen LogP contribution in [0.2, 0.25) is 0 Å². The number of aliphatic hydroxyl groups excluding tert-OH is 1. The maximum absolute atomic E-state index is 9.82. The summed E-state index contributed by atoms with van der Waals surface area (Å²) in [5, 5.41) is 9.82. The highest BCUT2D eigenvalue weighted by atomic mass is 16.5. The first-order chi connectivity index (χ1) is 7.22. The van der Waals surface area contributed by atoms with Crippen LogP contribution in [-0.4, -0.2) is 17.8 Å². The number of hydrogen-bond acceptors (Lipinski definition) is 3. The summed E-state index contributed by atoms with van der Waals surface area (Å²) in [6.45, 7) is 4.62. The Morgan fingerprint density at radius 2 is 2.27 bits per heavy atom. The molecule has 3 nitrogen and oxygen atoms in total. The summed E-state index contributed by atoms with van der Waals surface area (Å²) in [4.78, 5) is 0. The van der Waals surface area contributed by atoms with E-state index in [9.17, 15) is 5.11 Å². The molecule has 2 rings (SSSR count). The maximum atomic E-state index is 9.82. The minimum absolute atomic E-state index is 0.165. The summed E-state index contributed by atoms with van der Waals surface area (Å²) < 4.78 is 11.0. The number of aliphatic hydroxyl groups is 1. The second kappa shape index (κ2) is 4.11. The van der Waals surface area contributed by atoms with Gasteiger partial charge in [0.05, 0.1) is 6.61 Å². The zero-order valence-corrected chi connectivity index (χ0v) is 9.06. The lowest BCUT2D eigenvalue weighted by molar-refractivity contribution is 0.0795. The molecule has 2 atom stereocenters. The Labute approximate surface area is 89.6 Å². The quantitative estimate of drug-likeness (QED) is 0.828. The molecule has 1 aliphatic heterocycles. The predicted molar refractivity (Wildman–Crippen MR) is 57.3 cm³/mol. The van der Waals surface area contributed by atoms with Crippen LogP contribution in [0.15, 0.2) is 18.2 Å². The SMILES string of the molecule is CCCOc1ccc2c(c1)C(O)C(C)O2. The molecule has 1 aliphatic rings. The largest absolute Gasteiger partial charge is 0.494 e. The zero-order chi connectivity index (χ0) is 10.8. The molecule has 2 unspecified atom stereocenters. The van der Waals surface area contributed by atoms with Gasteiger partial charge in [-0.15, -0.1) is 0 Å². The van der Waals surface area contributed by atoms with Crippen LogP contribution in [-0.2, 0) is 0 Å². The molecule has 0 radical (unpaired) electrons. The van der Waals surface area contributed by atoms with Gasteiger partial charge >= 0.3 is 0 Å². The summed E-state index contributed by atoms with van der Waals surface area (Å²) in [5.41, 5.74) is 0.830. The minimum atomic E-state index is -0.537. The molecule has 0 fully saturated rings. The molecule has 1 N–H and O–H groups in total. The molecule has 0 aromatic heterocycles. The van der Waals surface area contributed by atoms with Gasteiger partial charge in [-0.3, -0.25) is 0 Å². The smallest absolute Gasteiger partial charge is 0.126 e. The van der Waals surface area contributed by atoms with Crippen molar-refractivity contribution in [3.05, 3.63) is 23.8 Å². The number of hydrogen-bond donors (Lipinski definition) is 1. The Hall–Kier alpha value is -1.22. The lowest BCUT2D eigenvalue weighted by Crippen LogP contribution is -2.12. The van der Waals surface area contributed by atoms with Gasteiger partial charge in [-0.2, -0.15) is 0 Å². The Morgan fingerprint density at radius 1 is 1.47 bits per heavy atom. The van der Waals surface area contributed by atoms with Crippen molar-refractivity contribution >= 4 is 0 Å². The van der Waals surface area contributed by atoms with Crippen LogP contribution in [0.1, 0.15) is 31.9 Å². The third-order valence-electron chi connectivity index (χ3n) is 2.53. The van der Waals surface area contributed by atoms with Crippen molar-refractivity contribution in [3.63, 3.8) is 0 Å². The average molecular weight is 208 g/mol. The molecule has 1 heterocycles. The fourth-order valence-electron chi connectivity index (χ4n) is 1.69. The monoisotopic (exact) mass is 208 g/mol. The van der Waals surface area contributed by atoms with E-state index in [1.54, 1.807) is 0 Å². The molecule has 1 aromatic rings. The Morgan fingerprint density at radius 3 is 3.00 bits per heavy atom. The van der Waals surface area contributed by atoms with Crippen molar-refractivity contribution in [1.82, 2.24) is 0 Å². The van der Waals surface area contributed by atoms with Crippen molar-refractivity contribution in [2.24, 2.45) is 0 Å². The highest BCUT2D eigenvalue weighted by molar-refractivity contribution is 5.44. The molecule has 0 saturated heterocycles. The normalized spacial score (nSPS) is 23.4. The number of ether oxygens (including phenoxy) is 2. The van der Waals surface area contributed by atoms with E-state index >= 15 is 0 Å². The van der Waals surface area contributed by atoms with Gasteiger partial charge in [-0.1, -0.05) is 6.92 Å². The van der Waals surface area contributed by atoms with Gasteiger partial charge in [0.1, 0.15) is 23.7 Å². The Balaban J connectivity index is 2.20. The van der Waals surface area contributed by atoms with Crippen molar-refractivity contribution in [2.75, 3.05) is 6.61 Å². The highest BCUT2D eigenvalue weighted by Crippen LogP contribution is 2.38. The van der Waals surface area contributed by atoms with Gasteiger partial charge < -0.3 is 14.6 Å². The van der Waals surface area contributed by atoms with E-state index in [1.165, 1.54) is 0 Å². The summed E-state index contributed by atoms with van der Waals surface area (Å²) in [6, 6.07) is 5.59. The summed E-state index contributed by atoms with van der Waals surface area (Å²) in [5.74, 6) is 1.56. The molecule has 0 amide bonds. The number of rotatable bonds is 3. The zero-order valence-electron chi connectivity index (χ0n) is 9.06. The lowest BCUT2D eigenvalue weighted by atomic mass is 10.1. The standard InChI is InChI=1S/C12H16O3/c1-3-6-14-9-4-5-11-10(7-9)12(13)8(2)15-11/h4-5,7-8,12-13H,3,6H2,1-2H3. The van der Waals surface area contributed by atoms with Gasteiger partial charge in [0.2, 0.25) is 0 Å². The average Bonchev–Trinajstić information content (AvgIpc) is 2.52. The predicted octanol–water partition coefficient (Wildman–Crippen LogP) is 2.29. The van der Waals surface area contributed by atoms with E-state index < -0.39 is 6.10 Å². The van der Waals surface area contributed by atoms with Gasteiger partial charge in [0, 0.05) is 5.56 Å². The van der Waals surface area contributed by atoms with Crippen LogP contribution in [0.5, 0.6) is 11.5 Å². The van der Waals surface area contributed by atoms with Crippen molar-refractivity contribution in [3.8, 4) is 11.5 Å². The number of benzene rings is 1. The minimum Gasteiger partial charge on any atom is -0.494 e. The third-order valence-corrected chi connectivity index (χ3v) is 2.53. The molecule has 0 aliphatic carbocycles. The first-order valence-electron chi connectivity index (χ1n) is 5.34. The van der Waals surface area contributed by atoms with Crippen LogP contribution < -0.4 is 9.47 Å². The molecule has 0 spiro atoms. The van der Waals surface area contributed by atoms with E-state index in [1.807, 2.05) is 25.1 Å². The summed E-state index contributed by atoms with van der Waals surface area (Å²) in [7, 11) is 0. The molecule has 1 aromatic carbocycles. The molecule has 3 heteroatoms. The second-order valence-corrected chi connectivity index (χ2v) is 3.82. The second-order valence-electron chi connectivity index (χ2n) is 3.82. The summed E-state index contributed by atoms with van der Waals surface area (Å²) in [6.07, 6.45) is 0.276. The van der Waals surface area contributed by atoms with Gasteiger partial charge in [0.15, 0.2) is 0 Å². The Kier molecular flexibility index (Phi) is 2.82. The number of fused-ring (bicyclic) bond motifs is 1. The van der Waals surface area contributed by atoms with Crippen molar-refractivity contribution in [1.29, 1.82) is 0 Å². The van der Waals surface area contributed by atoms with Crippen LogP contribution in [0, 0.1) is 0 Å². The van der Waals surface area contributed by atoms with Crippen molar-refractivity contribution in [2.45, 2.75) is 32.5 Å². The van der Waals surface area contributed by atoms with Gasteiger partial charge in [0.25, 0.3) is 0 Å². The first-order valence-corrected chi connectivity index (χ1v) is 5.34. The molecular formula is C12H16O3. The van der Waals surface area contributed by atoms with E-state index in [-0.39, 0.29) is 6.10 Å². The van der Waals surface area contributed by atoms with Gasteiger partial charge in [-0.25, -0.2) is 0 Å². The van der Waals surface area contributed by atoms with E-state index in [0.29, 0.717) is 6.61 Å². The van der Waals surface area contributed by atoms with E-state index in [0.717, 1.165) is 23.5 Å². The van der Waals surface area contributed by atoms with E-state index in [4.69, 9.17) is 9.47 Å². The van der Waals surface area contributed by atoms with Crippen LogP contribution in [0.3, 0.4) is 0 Å². The highest BCUT2D eigenvalue weighted by Gasteiger charge is 2.29. The topological polar surface area (TPSA) is 38.7 Å². The van der Waals surface area contributed by atoms with Crippen LogP contribution in [0.25, 0.3) is 0 Å². The molecule has 82 valence electrons. The maximum Gasteiger partial charge on any atom is 0.126 e. The molecule has 0 saturated carbocycles. The molecule has 15 heavy (non-hydrogen) atoms.